The van der Waals surface area contributed by atoms with Gasteiger partial charge in [0, 0.05) is 0 Å². The predicted molar refractivity (Wildman–Crippen MR) is 105 cm³/mol. The van der Waals surface area contributed by atoms with E-state index in [-0.39, 0.29) is 4.90 Å². The highest BCUT2D eigenvalue weighted by molar-refractivity contribution is 7.92. The van der Waals surface area contributed by atoms with Crippen LogP contribution in [0.15, 0.2) is 41.3 Å². The van der Waals surface area contributed by atoms with E-state index in [1.165, 1.54) is 5.56 Å². The van der Waals surface area contributed by atoms with E-state index in [2.05, 4.69) is 27.2 Å². The number of benzene rings is 2. The van der Waals surface area contributed by atoms with Crippen molar-refractivity contribution in [3.8, 4) is 5.69 Å². The minimum Gasteiger partial charge on any atom is -0.280 e. The second-order valence-electron chi connectivity index (χ2n) is 6.58. The van der Waals surface area contributed by atoms with E-state index in [0.29, 0.717) is 11.5 Å². The molecular weight excluding hydrogens is 362 g/mol. The van der Waals surface area contributed by atoms with E-state index >= 15 is 0 Å². The maximum Gasteiger partial charge on any atom is 0.261 e. The van der Waals surface area contributed by atoms with Crippen molar-refractivity contribution < 1.29 is 8.42 Å². The zero-order valence-corrected chi connectivity index (χ0v) is 16.7. The lowest BCUT2D eigenvalue weighted by Crippen LogP contribution is -2.14. The Morgan fingerprint density at radius 1 is 1.04 bits per heavy atom. The molecule has 27 heavy (non-hydrogen) atoms. The van der Waals surface area contributed by atoms with Gasteiger partial charge in [0.2, 0.25) is 0 Å². The summed E-state index contributed by atoms with van der Waals surface area (Å²) in [4.78, 5) is 0.251. The molecule has 1 aromatic heterocycles. The van der Waals surface area contributed by atoms with Crippen LogP contribution in [0.25, 0.3) is 5.69 Å². The number of anilines is 1. The number of hydrogen-bond donors (Lipinski definition) is 1. The Balaban J connectivity index is 1.93. The standard InChI is InChI=1S/C19H23N5O2S/c1-5-6-16-8-10-18(11-14(16)3)27(25,26)21-17-9-7-13(2)19(12-17)24-15(4)20-22-23-24/h7-12,21H,5-6H2,1-4H3. The molecule has 1 N–H and O–H groups in total. The first kappa shape index (κ1) is 19.0. The molecule has 142 valence electrons. The quantitative estimate of drug-likeness (QED) is 0.703. The van der Waals surface area contributed by atoms with Gasteiger partial charge in [0.05, 0.1) is 16.3 Å². The number of hydrogen-bond acceptors (Lipinski definition) is 5. The van der Waals surface area contributed by atoms with Gasteiger partial charge in [-0.15, -0.1) is 5.10 Å². The molecule has 0 aliphatic carbocycles. The molecule has 0 aliphatic rings. The Kier molecular flexibility index (Phi) is 5.27. The highest BCUT2D eigenvalue weighted by atomic mass is 32.2. The smallest absolute Gasteiger partial charge is 0.261 e. The Hall–Kier alpha value is -2.74. The zero-order valence-electron chi connectivity index (χ0n) is 15.9. The lowest BCUT2D eigenvalue weighted by molar-refractivity contribution is 0.601. The van der Waals surface area contributed by atoms with Gasteiger partial charge in [0.1, 0.15) is 0 Å². The number of nitrogens with zero attached hydrogens (tertiary/aromatic N) is 4. The molecule has 0 atom stereocenters. The maximum atomic E-state index is 12.8. The molecule has 3 rings (SSSR count). The van der Waals surface area contributed by atoms with Crippen molar-refractivity contribution in [1.82, 2.24) is 20.2 Å². The summed E-state index contributed by atoms with van der Waals surface area (Å²) in [6.07, 6.45) is 1.96. The first-order valence-corrected chi connectivity index (χ1v) is 10.3. The highest BCUT2D eigenvalue weighted by Crippen LogP contribution is 2.23. The lowest BCUT2D eigenvalue weighted by Gasteiger charge is -2.13. The average molecular weight is 385 g/mol. The van der Waals surface area contributed by atoms with Crippen molar-refractivity contribution in [2.75, 3.05) is 4.72 Å². The Bertz CT molecular complexity index is 1070. The average Bonchev–Trinajstić information content (AvgIpc) is 3.04. The summed E-state index contributed by atoms with van der Waals surface area (Å²) in [6.45, 7) is 7.75. The van der Waals surface area contributed by atoms with Crippen LogP contribution in [0.1, 0.15) is 35.9 Å². The highest BCUT2D eigenvalue weighted by Gasteiger charge is 2.17. The van der Waals surface area contributed by atoms with Crippen LogP contribution in [-0.4, -0.2) is 28.6 Å². The molecule has 0 spiro atoms. The van der Waals surface area contributed by atoms with Crippen molar-refractivity contribution in [3.63, 3.8) is 0 Å². The van der Waals surface area contributed by atoms with Crippen LogP contribution >= 0.6 is 0 Å². The lowest BCUT2D eigenvalue weighted by atomic mass is 10.1. The first-order chi connectivity index (χ1) is 12.8. The summed E-state index contributed by atoms with van der Waals surface area (Å²) < 4.78 is 29.9. The summed E-state index contributed by atoms with van der Waals surface area (Å²) in [7, 11) is -3.69. The van der Waals surface area contributed by atoms with Gasteiger partial charge in [-0.2, -0.15) is 4.68 Å². The van der Waals surface area contributed by atoms with Crippen molar-refractivity contribution in [1.29, 1.82) is 0 Å². The third kappa shape index (κ3) is 4.00. The van der Waals surface area contributed by atoms with Crippen LogP contribution in [0.3, 0.4) is 0 Å². The number of aromatic nitrogens is 4. The van der Waals surface area contributed by atoms with Crippen LogP contribution in [0.5, 0.6) is 0 Å². The van der Waals surface area contributed by atoms with Crippen LogP contribution in [-0.2, 0) is 16.4 Å². The van der Waals surface area contributed by atoms with E-state index in [4.69, 9.17) is 0 Å². The maximum absolute atomic E-state index is 12.8. The molecule has 0 fully saturated rings. The molecule has 0 saturated carbocycles. The van der Waals surface area contributed by atoms with E-state index in [9.17, 15) is 8.42 Å². The molecule has 0 aliphatic heterocycles. The number of tetrazole rings is 1. The topological polar surface area (TPSA) is 89.8 Å². The normalized spacial score (nSPS) is 11.6. The first-order valence-electron chi connectivity index (χ1n) is 8.80. The molecule has 1 heterocycles. The molecule has 0 saturated heterocycles. The summed E-state index contributed by atoms with van der Waals surface area (Å²) in [5.41, 5.74) is 4.28. The van der Waals surface area contributed by atoms with E-state index in [1.54, 1.807) is 35.9 Å². The number of rotatable bonds is 6. The molecule has 2 aromatic carbocycles. The van der Waals surface area contributed by atoms with E-state index < -0.39 is 10.0 Å². The number of aryl methyl sites for hydroxylation is 4. The fourth-order valence-corrected chi connectivity index (χ4v) is 4.09. The Morgan fingerprint density at radius 2 is 1.81 bits per heavy atom. The number of nitrogens with one attached hydrogen (secondary N) is 1. The largest absolute Gasteiger partial charge is 0.280 e. The van der Waals surface area contributed by atoms with Gasteiger partial charge in [-0.05, 0) is 78.6 Å². The van der Waals surface area contributed by atoms with E-state index in [1.807, 2.05) is 26.0 Å². The van der Waals surface area contributed by atoms with Crippen molar-refractivity contribution >= 4 is 15.7 Å². The Morgan fingerprint density at radius 3 is 2.44 bits per heavy atom. The van der Waals surface area contributed by atoms with Gasteiger partial charge in [-0.25, -0.2) is 8.42 Å². The third-order valence-corrected chi connectivity index (χ3v) is 5.84. The van der Waals surface area contributed by atoms with Gasteiger partial charge in [0.25, 0.3) is 10.0 Å². The minimum atomic E-state index is -3.69. The van der Waals surface area contributed by atoms with E-state index in [0.717, 1.165) is 29.7 Å². The van der Waals surface area contributed by atoms with Crippen molar-refractivity contribution in [2.45, 2.75) is 45.4 Å². The van der Waals surface area contributed by atoms with Gasteiger partial charge in [0.15, 0.2) is 5.82 Å². The number of sulfonamides is 1. The van der Waals surface area contributed by atoms with Crippen LogP contribution in [0, 0.1) is 20.8 Å². The fourth-order valence-electron chi connectivity index (χ4n) is 2.95. The summed E-state index contributed by atoms with van der Waals surface area (Å²) in [6, 6.07) is 10.6. The molecule has 3 aromatic rings. The third-order valence-electron chi connectivity index (χ3n) is 4.46. The van der Waals surface area contributed by atoms with Crippen LogP contribution < -0.4 is 4.72 Å². The van der Waals surface area contributed by atoms with Gasteiger partial charge in [-0.1, -0.05) is 25.5 Å². The molecule has 0 unspecified atom stereocenters. The molecule has 0 bridgehead atoms. The predicted octanol–water partition coefficient (Wildman–Crippen LogP) is 3.34. The summed E-state index contributed by atoms with van der Waals surface area (Å²) >= 11 is 0. The molecule has 7 nitrogen and oxygen atoms in total. The van der Waals surface area contributed by atoms with Crippen molar-refractivity contribution in [2.24, 2.45) is 0 Å². The fraction of sp³-hybridized carbons (Fsp3) is 0.316. The second-order valence-corrected chi connectivity index (χ2v) is 8.27. The summed E-state index contributed by atoms with van der Waals surface area (Å²) in [5, 5.41) is 11.5. The van der Waals surface area contributed by atoms with Gasteiger partial charge >= 0.3 is 0 Å². The molecule has 0 radical (unpaired) electrons. The minimum absolute atomic E-state index is 0.251. The zero-order chi connectivity index (χ0) is 19.6. The van der Waals surface area contributed by atoms with Crippen molar-refractivity contribution in [3.05, 3.63) is 58.9 Å². The van der Waals surface area contributed by atoms with Gasteiger partial charge < -0.3 is 0 Å². The SMILES string of the molecule is CCCc1ccc(S(=O)(=O)Nc2ccc(C)c(-n3nnnc3C)c2)cc1C. The van der Waals surface area contributed by atoms with Crippen LogP contribution in [0.2, 0.25) is 0 Å². The molecule has 0 amide bonds. The second kappa shape index (κ2) is 7.48. The van der Waals surface area contributed by atoms with Crippen LogP contribution in [0.4, 0.5) is 5.69 Å². The molecule has 8 heteroatoms. The Labute approximate surface area is 159 Å². The van der Waals surface area contributed by atoms with Gasteiger partial charge in [-0.3, -0.25) is 4.72 Å². The molecular formula is C19H23N5O2S. The summed E-state index contributed by atoms with van der Waals surface area (Å²) in [5.74, 6) is 0.625. The monoisotopic (exact) mass is 385 g/mol.